The number of amides is 1. The highest BCUT2D eigenvalue weighted by atomic mass is 19.3. The summed E-state index contributed by atoms with van der Waals surface area (Å²) in [7, 11) is 2.76. The van der Waals surface area contributed by atoms with E-state index < -0.39 is 24.2 Å². The van der Waals surface area contributed by atoms with Gasteiger partial charge in [-0.05, 0) is 25.5 Å². The van der Waals surface area contributed by atoms with Gasteiger partial charge < -0.3 is 29.5 Å². The van der Waals surface area contributed by atoms with Crippen molar-refractivity contribution in [3.8, 4) is 22.8 Å². The third kappa shape index (κ3) is 3.41. The number of β-amino-alcohol motifs (C(OH)–C–C–N with tert-alkyl or cyclic N) is 1. The fourth-order valence-electron chi connectivity index (χ4n) is 4.57. The van der Waals surface area contributed by atoms with Crippen molar-refractivity contribution in [2.45, 2.75) is 43.9 Å². The molecule has 33 heavy (non-hydrogen) atoms. The molecule has 2 aromatic rings. The lowest BCUT2D eigenvalue weighted by molar-refractivity contribution is -0.00603. The van der Waals surface area contributed by atoms with Crippen LogP contribution in [-0.2, 0) is 17.1 Å². The standard InChI is InChI=1S/C22H24F2N4O5/c1-10-14(29)8-28(10)20-26-18(12-4-5-22(23,24)19(12)27-20)11-6-15(31-2)17-13(25-21(30)32-3)9-33-16(17)7-11/h6-7,10,13-14,29H,4-5,8-9H2,1-3H3,(H,25,30)/t10-,13+,14+/m0/s1. The van der Waals surface area contributed by atoms with E-state index in [1.807, 2.05) is 0 Å². The van der Waals surface area contributed by atoms with E-state index >= 15 is 0 Å². The number of alkyl halides is 2. The van der Waals surface area contributed by atoms with Gasteiger partial charge in [0.1, 0.15) is 23.8 Å². The van der Waals surface area contributed by atoms with E-state index in [0.717, 1.165) is 0 Å². The van der Waals surface area contributed by atoms with Gasteiger partial charge in [-0.3, -0.25) is 0 Å². The van der Waals surface area contributed by atoms with Crippen LogP contribution >= 0.6 is 0 Å². The highest BCUT2D eigenvalue weighted by Crippen LogP contribution is 2.48. The first-order valence-corrected chi connectivity index (χ1v) is 10.7. The first kappa shape index (κ1) is 21.6. The van der Waals surface area contributed by atoms with Gasteiger partial charge in [0, 0.05) is 24.1 Å². The van der Waals surface area contributed by atoms with Gasteiger partial charge in [-0.1, -0.05) is 0 Å². The Hall–Kier alpha value is -3.21. The zero-order chi connectivity index (χ0) is 23.5. The summed E-state index contributed by atoms with van der Waals surface area (Å²) in [6, 6.07) is 2.68. The summed E-state index contributed by atoms with van der Waals surface area (Å²) in [5.74, 6) is -1.99. The number of hydrogen-bond donors (Lipinski definition) is 2. The van der Waals surface area contributed by atoms with Gasteiger partial charge in [0.15, 0.2) is 0 Å². The number of nitrogens with zero attached hydrogens (tertiary/aromatic N) is 3. The van der Waals surface area contributed by atoms with Crippen LogP contribution in [0.15, 0.2) is 12.1 Å². The number of carbonyl (C=O) groups excluding carboxylic acids is 1. The van der Waals surface area contributed by atoms with Crippen LogP contribution in [0.2, 0.25) is 0 Å². The molecule has 11 heteroatoms. The molecule has 1 aliphatic carbocycles. The van der Waals surface area contributed by atoms with Crippen molar-refractivity contribution in [2.75, 3.05) is 32.3 Å². The second-order valence-electron chi connectivity index (χ2n) is 8.45. The molecule has 1 fully saturated rings. The molecule has 1 aromatic heterocycles. The van der Waals surface area contributed by atoms with Crippen molar-refractivity contribution in [1.29, 1.82) is 0 Å². The van der Waals surface area contributed by atoms with Gasteiger partial charge in [0.25, 0.3) is 5.92 Å². The molecule has 0 unspecified atom stereocenters. The van der Waals surface area contributed by atoms with E-state index in [4.69, 9.17) is 9.47 Å². The summed E-state index contributed by atoms with van der Waals surface area (Å²) in [4.78, 5) is 22.2. The number of benzene rings is 1. The SMILES string of the molecule is COC(=O)N[C@@H]1COc2cc(-c3nc(N4C[C@@H](O)[C@@H]4C)nc4c3CCC4(F)F)cc(OC)c21. The van der Waals surface area contributed by atoms with Crippen molar-refractivity contribution in [3.05, 3.63) is 29.0 Å². The number of anilines is 1. The molecule has 5 rings (SSSR count). The number of hydrogen-bond acceptors (Lipinski definition) is 8. The number of methoxy groups -OCH3 is 2. The molecule has 1 amide bonds. The van der Waals surface area contributed by atoms with Crippen LogP contribution in [-0.4, -0.2) is 60.7 Å². The number of rotatable bonds is 4. The third-order valence-electron chi connectivity index (χ3n) is 6.55. The van der Waals surface area contributed by atoms with E-state index in [9.17, 15) is 18.7 Å². The van der Waals surface area contributed by atoms with Crippen molar-refractivity contribution >= 4 is 12.0 Å². The van der Waals surface area contributed by atoms with Crippen molar-refractivity contribution in [2.24, 2.45) is 0 Å². The minimum absolute atomic E-state index is 0.142. The number of nitrogens with one attached hydrogen (secondary N) is 1. The summed E-state index contributed by atoms with van der Waals surface area (Å²) in [6.07, 6.45) is -1.36. The maximum Gasteiger partial charge on any atom is 0.407 e. The predicted molar refractivity (Wildman–Crippen MR) is 113 cm³/mol. The van der Waals surface area contributed by atoms with Crippen LogP contribution in [0, 0.1) is 0 Å². The lowest BCUT2D eigenvalue weighted by Gasteiger charge is -2.43. The molecular weight excluding hydrogens is 438 g/mol. The van der Waals surface area contributed by atoms with Crippen molar-refractivity contribution < 1.29 is 32.9 Å². The first-order valence-electron chi connectivity index (χ1n) is 10.7. The Morgan fingerprint density at radius 2 is 2.12 bits per heavy atom. The number of carbonyl (C=O) groups is 1. The van der Waals surface area contributed by atoms with Gasteiger partial charge >= 0.3 is 6.09 Å². The van der Waals surface area contributed by atoms with Gasteiger partial charge in [-0.2, -0.15) is 8.78 Å². The monoisotopic (exact) mass is 462 g/mol. The van der Waals surface area contributed by atoms with Gasteiger partial charge in [0.2, 0.25) is 5.95 Å². The fourth-order valence-corrected chi connectivity index (χ4v) is 4.57. The third-order valence-corrected chi connectivity index (χ3v) is 6.55. The van der Waals surface area contributed by atoms with Crippen molar-refractivity contribution in [3.63, 3.8) is 0 Å². The molecule has 3 heterocycles. The van der Waals surface area contributed by atoms with Crippen LogP contribution < -0.4 is 19.7 Å². The molecule has 2 N–H and O–H groups in total. The van der Waals surface area contributed by atoms with Crippen LogP contribution in [0.4, 0.5) is 19.5 Å². The molecule has 1 aromatic carbocycles. The number of aromatic nitrogens is 2. The number of ether oxygens (including phenoxy) is 3. The zero-order valence-corrected chi connectivity index (χ0v) is 18.4. The van der Waals surface area contributed by atoms with Gasteiger partial charge in [-0.15, -0.1) is 0 Å². The number of fused-ring (bicyclic) bond motifs is 2. The minimum Gasteiger partial charge on any atom is -0.496 e. The summed E-state index contributed by atoms with van der Waals surface area (Å²) in [5, 5.41) is 12.6. The molecule has 3 aliphatic rings. The van der Waals surface area contributed by atoms with Crippen molar-refractivity contribution in [1.82, 2.24) is 15.3 Å². The number of aliphatic hydroxyl groups is 1. The molecule has 176 valence electrons. The highest BCUT2D eigenvalue weighted by molar-refractivity contribution is 5.74. The van der Waals surface area contributed by atoms with Crippen LogP contribution in [0.25, 0.3) is 11.3 Å². The zero-order valence-electron chi connectivity index (χ0n) is 18.4. The van der Waals surface area contributed by atoms with Crippen LogP contribution in [0.3, 0.4) is 0 Å². The molecule has 0 bridgehead atoms. The summed E-state index contributed by atoms with van der Waals surface area (Å²) >= 11 is 0. The Kier molecular flexibility index (Phi) is 5.04. The Labute approximate surface area is 188 Å². The second-order valence-corrected chi connectivity index (χ2v) is 8.45. The minimum atomic E-state index is -3.05. The normalized spacial score (nSPS) is 24.4. The van der Waals surface area contributed by atoms with E-state index in [0.29, 0.717) is 33.9 Å². The maximum atomic E-state index is 14.7. The first-order chi connectivity index (χ1) is 15.7. The molecule has 1 saturated heterocycles. The van der Waals surface area contributed by atoms with Gasteiger partial charge in [0.05, 0.1) is 43.7 Å². The second kappa shape index (κ2) is 7.68. The lowest BCUT2D eigenvalue weighted by atomic mass is 9.99. The Morgan fingerprint density at radius 3 is 2.79 bits per heavy atom. The van der Waals surface area contributed by atoms with Crippen LogP contribution in [0.1, 0.15) is 36.2 Å². The Balaban J connectivity index is 1.61. The molecule has 3 atom stereocenters. The molecule has 0 saturated carbocycles. The predicted octanol–water partition coefficient (Wildman–Crippen LogP) is 2.55. The summed E-state index contributed by atoms with van der Waals surface area (Å²) in [6.45, 7) is 2.25. The lowest BCUT2D eigenvalue weighted by Crippen LogP contribution is -2.59. The maximum absolute atomic E-state index is 14.7. The molecule has 9 nitrogen and oxygen atoms in total. The summed E-state index contributed by atoms with van der Waals surface area (Å²) < 4.78 is 45.4. The van der Waals surface area contributed by atoms with E-state index in [2.05, 4.69) is 20.0 Å². The quantitative estimate of drug-likeness (QED) is 0.714. The van der Waals surface area contributed by atoms with Gasteiger partial charge in [-0.25, -0.2) is 14.8 Å². The van der Waals surface area contributed by atoms with E-state index in [-0.39, 0.29) is 43.7 Å². The molecular formula is C22H24F2N4O5. The molecule has 0 radical (unpaired) electrons. The smallest absolute Gasteiger partial charge is 0.407 e. The van der Waals surface area contributed by atoms with E-state index in [1.54, 1.807) is 24.0 Å². The number of halogens is 2. The molecule has 0 spiro atoms. The Bertz CT molecular complexity index is 1130. The average Bonchev–Trinajstić information content (AvgIpc) is 3.35. The largest absolute Gasteiger partial charge is 0.496 e. The fraction of sp³-hybridized carbons (Fsp3) is 0.500. The molecule has 2 aliphatic heterocycles. The number of alkyl carbamates (subject to hydrolysis) is 1. The van der Waals surface area contributed by atoms with Crippen LogP contribution in [0.5, 0.6) is 11.5 Å². The Morgan fingerprint density at radius 1 is 1.33 bits per heavy atom. The summed E-state index contributed by atoms with van der Waals surface area (Å²) in [5.41, 5.74) is 1.69. The topological polar surface area (TPSA) is 106 Å². The van der Waals surface area contributed by atoms with E-state index in [1.165, 1.54) is 14.2 Å². The number of aliphatic hydroxyl groups excluding tert-OH is 1. The average molecular weight is 462 g/mol. The highest BCUT2D eigenvalue weighted by Gasteiger charge is 2.45.